The van der Waals surface area contributed by atoms with E-state index >= 15 is 0 Å². The lowest BCUT2D eigenvalue weighted by molar-refractivity contribution is -0.127. The smallest absolute Gasteiger partial charge is 0.238 e. The molecule has 0 radical (unpaired) electrons. The van der Waals surface area contributed by atoms with E-state index < -0.39 is 0 Å². The average Bonchev–Trinajstić information content (AvgIpc) is 2.27. The number of amides is 1. The van der Waals surface area contributed by atoms with Gasteiger partial charge >= 0.3 is 0 Å². The van der Waals surface area contributed by atoms with Crippen LogP contribution < -0.4 is 10.6 Å². The molecule has 0 bridgehead atoms. The van der Waals surface area contributed by atoms with Crippen LogP contribution in [-0.4, -0.2) is 63.3 Å². The maximum Gasteiger partial charge on any atom is 0.238 e. The second-order valence-electron chi connectivity index (χ2n) is 3.64. The lowest BCUT2D eigenvalue weighted by atomic mass is 10.2. The van der Waals surface area contributed by atoms with Gasteiger partial charge in [0.1, 0.15) is 6.04 Å². The summed E-state index contributed by atoms with van der Waals surface area (Å²) in [6.45, 7) is 6.71. The molecule has 15 heavy (non-hydrogen) atoms. The van der Waals surface area contributed by atoms with Crippen molar-refractivity contribution >= 4 is 5.91 Å². The van der Waals surface area contributed by atoms with Crippen molar-refractivity contribution in [3.05, 3.63) is 0 Å². The van der Waals surface area contributed by atoms with Crippen LogP contribution in [0.25, 0.3) is 0 Å². The Morgan fingerprint density at radius 1 is 1.67 bits per heavy atom. The van der Waals surface area contributed by atoms with E-state index in [9.17, 15) is 4.79 Å². The molecule has 88 valence electrons. The van der Waals surface area contributed by atoms with Gasteiger partial charge in [0.15, 0.2) is 0 Å². The molecule has 1 amide bonds. The molecule has 0 aromatic rings. The van der Waals surface area contributed by atoms with Gasteiger partial charge in [0.25, 0.3) is 0 Å². The number of carbonyl (C=O) groups is 1. The molecule has 0 aromatic heterocycles. The zero-order valence-electron chi connectivity index (χ0n) is 9.58. The highest BCUT2D eigenvalue weighted by molar-refractivity contribution is 5.82. The Hall–Kier alpha value is -0.650. The van der Waals surface area contributed by atoms with Crippen LogP contribution in [0.3, 0.4) is 0 Å². The topological polar surface area (TPSA) is 53.6 Å². The quantitative estimate of drug-likeness (QED) is 0.620. The summed E-state index contributed by atoms with van der Waals surface area (Å²) in [5, 5.41) is 6.10. The first-order valence-corrected chi connectivity index (χ1v) is 5.51. The minimum atomic E-state index is -0.0474. The second-order valence-corrected chi connectivity index (χ2v) is 3.64. The summed E-state index contributed by atoms with van der Waals surface area (Å²) in [5.41, 5.74) is 0. The molecule has 0 spiro atoms. The average molecular weight is 215 g/mol. The largest absolute Gasteiger partial charge is 0.383 e. The number of carbonyl (C=O) groups excluding carboxylic acids is 1. The zero-order chi connectivity index (χ0) is 11.1. The fraction of sp³-hybridized carbons (Fsp3) is 0.900. The second kappa shape index (κ2) is 6.76. The van der Waals surface area contributed by atoms with E-state index in [0.717, 1.165) is 26.2 Å². The maximum atomic E-state index is 11.7. The van der Waals surface area contributed by atoms with Gasteiger partial charge in [-0.05, 0) is 6.92 Å². The molecule has 1 atom stereocenters. The number of ether oxygens (including phenoxy) is 1. The van der Waals surface area contributed by atoms with Crippen molar-refractivity contribution in [2.75, 3.05) is 46.4 Å². The van der Waals surface area contributed by atoms with Gasteiger partial charge in [-0.15, -0.1) is 0 Å². The number of hydrogen-bond donors (Lipinski definition) is 2. The molecule has 5 nitrogen and oxygen atoms in total. The minimum Gasteiger partial charge on any atom is -0.383 e. The Labute approximate surface area is 91.2 Å². The molecule has 1 rings (SSSR count). The van der Waals surface area contributed by atoms with Crippen molar-refractivity contribution < 1.29 is 9.53 Å². The number of piperazine rings is 1. The molecule has 1 fully saturated rings. The number of rotatable bonds is 5. The fourth-order valence-corrected chi connectivity index (χ4v) is 1.77. The number of nitrogens with one attached hydrogen (secondary N) is 2. The summed E-state index contributed by atoms with van der Waals surface area (Å²) >= 11 is 0. The maximum absolute atomic E-state index is 11.7. The predicted octanol–water partition coefficient (Wildman–Crippen LogP) is -0.957. The first-order chi connectivity index (χ1) is 7.29. The van der Waals surface area contributed by atoms with Gasteiger partial charge in [-0.1, -0.05) is 0 Å². The van der Waals surface area contributed by atoms with Crippen molar-refractivity contribution in [1.29, 1.82) is 0 Å². The molecular weight excluding hydrogens is 194 g/mol. The van der Waals surface area contributed by atoms with Crippen molar-refractivity contribution in [1.82, 2.24) is 15.5 Å². The molecule has 1 aliphatic rings. The third kappa shape index (κ3) is 3.77. The van der Waals surface area contributed by atoms with E-state index in [1.54, 1.807) is 7.11 Å². The number of nitrogens with zero attached hydrogens (tertiary/aromatic N) is 1. The highest BCUT2D eigenvalue weighted by Gasteiger charge is 2.27. The van der Waals surface area contributed by atoms with Crippen LogP contribution in [0.4, 0.5) is 0 Å². The number of likely N-dealkylation sites (N-methyl/N-ethyl adjacent to an activating group) is 1. The van der Waals surface area contributed by atoms with Crippen LogP contribution in [0.2, 0.25) is 0 Å². The zero-order valence-corrected chi connectivity index (χ0v) is 9.58. The van der Waals surface area contributed by atoms with Gasteiger partial charge in [0.05, 0.1) is 6.61 Å². The number of hydrogen-bond acceptors (Lipinski definition) is 4. The van der Waals surface area contributed by atoms with Crippen LogP contribution in [0, 0.1) is 0 Å². The van der Waals surface area contributed by atoms with Gasteiger partial charge in [0.2, 0.25) is 5.91 Å². The Morgan fingerprint density at radius 3 is 3.13 bits per heavy atom. The van der Waals surface area contributed by atoms with Crippen molar-refractivity contribution in [3.63, 3.8) is 0 Å². The normalized spacial score (nSPS) is 22.7. The molecule has 5 heteroatoms. The van der Waals surface area contributed by atoms with Crippen LogP contribution in [0.1, 0.15) is 6.92 Å². The Bertz CT molecular complexity index is 199. The van der Waals surface area contributed by atoms with E-state index in [1.165, 1.54) is 0 Å². The third-order valence-electron chi connectivity index (χ3n) is 2.59. The van der Waals surface area contributed by atoms with Crippen molar-refractivity contribution in [2.24, 2.45) is 0 Å². The Morgan fingerprint density at radius 2 is 2.47 bits per heavy atom. The summed E-state index contributed by atoms with van der Waals surface area (Å²) in [6.07, 6.45) is 0. The first-order valence-electron chi connectivity index (χ1n) is 5.51. The first kappa shape index (κ1) is 12.4. The van der Waals surface area contributed by atoms with Gasteiger partial charge in [-0.25, -0.2) is 0 Å². The van der Waals surface area contributed by atoms with E-state index in [0.29, 0.717) is 13.2 Å². The van der Waals surface area contributed by atoms with Crippen LogP contribution in [0.15, 0.2) is 0 Å². The summed E-state index contributed by atoms with van der Waals surface area (Å²) in [4.78, 5) is 13.9. The molecule has 1 saturated heterocycles. The summed E-state index contributed by atoms with van der Waals surface area (Å²) in [6, 6.07) is -0.0474. The molecule has 0 saturated carbocycles. The monoisotopic (exact) mass is 215 g/mol. The predicted molar refractivity (Wildman–Crippen MR) is 58.8 cm³/mol. The SMILES string of the molecule is CCNC(=O)C1CNCCN1CCOC. The molecule has 0 aliphatic carbocycles. The van der Waals surface area contributed by atoms with E-state index in [4.69, 9.17) is 4.74 Å². The Balaban J connectivity index is 2.45. The molecule has 1 aliphatic heterocycles. The van der Waals surface area contributed by atoms with Crippen molar-refractivity contribution in [3.8, 4) is 0 Å². The van der Waals surface area contributed by atoms with Crippen molar-refractivity contribution in [2.45, 2.75) is 13.0 Å². The molecule has 2 N–H and O–H groups in total. The highest BCUT2D eigenvalue weighted by Crippen LogP contribution is 2.02. The minimum absolute atomic E-state index is 0.0474. The molecule has 1 unspecified atom stereocenters. The standard InChI is InChI=1S/C10H21N3O2/c1-3-12-10(14)9-8-11-4-5-13(9)6-7-15-2/h9,11H,3-8H2,1-2H3,(H,12,14). The fourth-order valence-electron chi connectivity index (χ4n) is 1.77. The van der Waals surface area contributed by atoms with Crippen LogP contribution in [0.5, 0.6) is 0 Å². The lowest BCUT2D eigenvalue weighted by Crippen LogP contribution is -2.58. The highest BCUT2D eigenvalue weighted by atomic mass is 16.5. The summed E-state index contributed by atoms with van der Waals surface area (Å²) in [7, 11) is 1.68. The number of methoxy groups -OCH3 is 1. The van der Waals surface area contributed by atoms with Crippen LogP contribution >= 0.6 is 0 Å². The van der Waals surface area contributed by atoms with Gasteiger partial charge in [-0.2, -0.15) is 0 Å². The Kier molecular flexibility index (Phi) is 5.60. The van der Waals surface area contributed by atoms with E-state index in [-0.39, 0.29) is 11.9 Å². The van der Waals surface area contributed by atoms with Gasteiger partial charge in [-0.3, -0.25) is 9.69 Å². The molecule has 0 aromatic carbocycles. The van der Waals surface area contributed by atoms with Gasteiger partial charge in [0, 0.05) is 39.8 Å². The van der Waals surface area contributed by atoms with Gasteiger partial charge < -0.3 is 15.4 Å². The summed E-state index contributed by atoms with van der Waals surface area (Å²) < 4.78 is 5.04. The summed E-state index contributed by atoms with van der Waals surface area (Å²) in [5.74, 6) is 0.112. The van der Waals surface area contributed by atoms with Crippen LogP contribution in [-0.2, 0) is 9.53 Å². The lowest BCUT2D eigenvalue weighted by Gasteiger charge is -2.34. The van der Waals surface area contributed by atoms with E-state index in [2.05, 4.69) is 15.5 Å². The third-order valence-corrected chi connectivity index (χ3v) is 2.59. The molecule has 1 heterocycles. The van der Waals surface area contributed by atoms with E-state index in [1.807, 2.05) is 6.92 Å². The molecular formula is C10H21N3O2.